The predicted octanol–water partition coefficient (Wildman–Crippen LogP) is 21.6. The third-order valence-corrected chi connectivity index (χ3v) is 13.8. The molecule has 0 N–H and O–H groups in total. The number of allylic oxidation sites excluding steroid dienone is 16. The van der Waals surface area contributed by atoms with Crippen molar-refractivity contribution in [2.75, 3.05) is 0 Å². The van der Waals surface area contributed by atoms with Crippen LogP contribution in [0.15, 0.2) is 187 Å². The summed E-state index contributed by atoms with van der Waals surface area (Å²) in [6.07, 6.45) is 31.2. The molecule has 0 saturated heterocycles. The van der Waals surface area contributed by atoms with Gasteiger partial charge < -0.3 is 0 Å². The smallest absolute Gasteiger partial charge is 0.0149 e. The van der Waals surface area contributed by atoms with Gasteiger partial charge in [-0.05, 0) is 181 Å². The van der Waals surface area contributed by atoms with Crippen LogP contribution in [0.1, 0.15) is 184 Å². The summed E-state index contributed by atoms with van der Waals surface area (Å²) in [6.45, 7) is 30.0. The number of rotatable bonds is 8. The van der Waals surface area contributed by atoms with Gasteiger partial charge in [-0.15, -0.1) is 0 Å². The summed E-state index contributed by atoms with van der Waals surface area (Å²) in [5.74, 6) is 0. The maximum atomic E-state index is 2.39. The number of hydrogen-bond acceptors (Lipinski definition) is 0. The van der Waals surface area contributed by atoms with Gasteiger partial charge in [-0.2, -0.15) is 0 Å². The van der Waals surface area contributed by atoms with Gasteiger partial charge in [-0.25, -0.2) is 0 Å². The van der Waals surface area contributed by atoms with Crippen molar-refractivity contribution in [2.45, 2.75) is 160 Å². The van der Waals surface area contributed by atoms with E-state index in [1.165, 1.54) is 127 Å². The normalized spacial score (nSPS) is 14.9. The molecule has 0 aliphatic heterocycles. The molecule has 0 nitrogen and oxygen atoms in total. The summed E-state index contributed by atoms with van der Waals surface area (Å²) in [5, 5.41) is 0. The summed E-state index contributed by atoms with van der Waals surface area (Å²) >= 11 is 0. The molecule has 0 heteroatoms. The number of aryl methyl sites for hydroxylation is 3. The van der Waals surface area contributed by atoms with Gasteiger partial charge in [-0.1, -0.05) is 243 Å². The van der Waals surface area contributed by atoms with Crippen molar-refractivity contribution in [1.82, 2.24) is 0 Å². The molecule has 0 atom stereocenters. The monoisotopic (exact) mass is 929 g/mol. The van der Waals surface area contributed by atoms with Crippen LogP contribution in [0.4, 0.5) is 0 Å². The highest BCUT2D eigenvalue weighted by Crippen LogP contribution is 2.40. The lowest BCUT2D eigenvalue weighted by atomic mass is 9.76. The average Bonchev–Trinajstić information content (AvgIpc) is 3.41. The first-order valence-electron chi connectivity index (χ1n) is 27.0. The molecule has 0 saturated carbocycles. The maximum absolute atomic E-state index is 2.39. The summed E-state index contributed by atoms with van der Waals surface area (Å²) in [4.78, 5) is 0. The molecular weight excluding hydrogens is 841 g/mol. The minimum Gasteiger partial charge on any atom is -0.0842 e. The molecule has 0 amide bonds. The van der Waals surface area contributed by atoms with E-state index in [-0.39, 0.29) is 5.41 Å². The Kier molecular flexibility index (Phi) is 23.7. The fourth-order valence-electron chi connectivity index (χ4n) is 9.92. The lowest BCUT2D eigenvalue weighted by molar-refractivity contribution is 0.636. The Balaban J connectivity index is 0.000000227. The van der Waals surface area contributed by atoms with E-state index in [2.05, 4.69) is 225 Å². The van der Waals surface area contributed by atoms with Gasteiger partial charge in [0.15, 0.2) is 0 Å². The van der Waals surface area contributed by atoms with Gasteiger partial charge in [-0.3, -0.25) is 0 Å². The maximum Gasteiger partial charge on any atom is 0.0149 e. The summed E-state index contributed by atoms with van der Waals surface area (Å²) in [6, 6.07) is 42.2. The zero-order valence-electron chi connectivity index (χ0n) is 46.0. The number of benzene rings is 5. The van der Waals surface area contributed by atoms with Crippen LogP contribution >= 0.6 is 0 Å². The van der Waals surface area contributed by atoms with E-state index in [1.54, 1.807) is 5.57 Å². The predicted molar refractivity (Wildman–Crippen MR) is 315 cm³/mol. The summed E-state index contributed by atoms with van der Waals surface area (Å²) in [5.41, 5.74) is 25.4. The lowest BCUT2D eigenvalue weighted by Crippen LogP contribution is -2.20. The first-order chi connectivity index (χ1) is 34.0. The fraction of sp³-hybridized carbons (Fsp3) is 0.343. The molecule has 4 aliphatic carbocycles. The van der Waals surface area contributed by atoms with E-state index in [0.29, 0.717) is 0 Å². The van der Waals surface area contributed by atoms with Crippen molar-refractivity contribution in [3.63, 3.8) is 0 Å². The topological polar surface area (TPSA) is 0 Å². The molecular formula is C70H88. The molecule has 0 aromatic heterocycles. The van der Waals surface area contributed by atoms with Crippen molar-refractivity contribution in [3.8, 4) is 11.1 Å². The molecule has 0 spiro atoms. The van der Waals surface area contributed by atoms with Crippen LogP contribution in [0.2, 0.25) is 0 Å². The first kappa shape index (κ1) is 56.6. The third kappa shape index (κ3) is 15.0. The van der Waals surface area contributed by atoms with Gasteiger partial charge in [0.05, 0.1) is 0 Å². The highest BCUT2D eigenvalue weighted by atomic mass is 14.3. The van der Waals surface area contributed by atoms with Gasteiger partial charge in [0, 0.05) is 5.41 Å². The van der Waals surface area contributed by atoms with Gasteiger partial charge in [0.25, 0.3) is 0 Å². The number of hydrogen-bond donors (Lipinski definition) is 0. The van der Waals surface area contributed by atoms with Crippen LogP contribution in [-0.2, 0) is 5.41 Å². The Hall–Kier alpha value is -5.98. The van der Waals surface area contributed by atoms with Crippen molar-refractivity contribution >= 4 is 22.3 Å². The highest BCUT2D eigenvalue weighted by molar-refractivity contribution is 5.89. The molecule has 0 unspecified atom stereocenters. The summed E-state index contributed by atoms with van der Waals surface area (Å²) in [7, 11) is 0. The van der Waals surface area contributed by atoms with Crippen molar-refractivity contribution in [1.29, 1.82) is 0 Å². The summed E-state index contributed by atoms with van der Waals surface area (Å²) < 4.78 is 0. The molecule has 0 radical (unpaired) electrons. The van der Waals surface area contributed by atoms with Crippen LogP contribution < -0.4 is 0 Å². The molecule has 368 valence electrons. The molecule has 0 fully saturated rings. The standard InChI is InChI=1S/C29H30.C20H22.C15H18.3C2H6/c1-21-11-5-7-13-25(21)27-15-9-8-14-26(27)23-17-19-24(20-18-23)29(3,4)28-16-10-6-12-22(28)2;1-15-9-6-7-13-18(15)20-16(2)10-8-14-19(20)17-11-4-3-5-12-17;1-3-13-7-9-14(10-8-13)15-6-4-5-12(2)11-15;3*1-2/h6,8-20H,5,7H2,1-4H3;3-4,6,8-11,14H,5,7,12-13H2,1-2H3;4-7,9,11H,3,8,10H2,1-2H3;3*1-2H3. The molecule has 70 heavy (non-hydrogen) atoms. The molecule has 4 aliphatic rings. The van der Waals surface area contributed by atoms with Gasteiger partial charge in [0.2, 0.25) is 0 Å². The van der Waals surface area contributed by atoms with Crippen LogP contribution in [0.5, 0.6) is 0 Å². The third-order valence-electron chi connectivity index (χ3n) is 13.8. The van der Waals surface area contributed by atoms with Gasteiger partial charge >= 0.3 is 0 Å². The second-order valence-corrected chi connectivity index (χ2v) is 18.6. The van der Waals surface area contributed by atoms with E-state index in [4.69, 9.17) is 0 Å². The molecule has 0 bridgehead atoms. The lowest BCUT2D eigenvalue weighted by Gasteiger charge is -2.28. The van der Waals surface area contributed by atoms with Crippen molar-refractivity contribution < 1.29 is 0 Å². The highest BCUT2D eigenvalue weighted by Gasteiger charge is 2.25. The van der Waals surface area contributed by atoms with E-state index < -0.39 is 0 Å². The quantitative estimate of drug-likeness (QED) is 0.145. The Morgan fingerprint density at radius 2 is 1.14 bits per heavy atom. The van der Waals surface area contributed by atoms with Crippen LogP contribution in [0.25, 0.3) is 33.4 Å². The van der Waals surface area contributed by atoms with E-state index in [1.807, 2.05) is 41.5 Å². The molecule has 5 aromatic carbocycles. The second-order valence-electron chi connectivity index (χ2n) is 18.6. The molecule has 5 aromatic rings. The largest absolute Gasteiger partial charge is 0.0842 e. The van der Waals surface area contributed by atoms with Crippen LogP contribution in [0.3, 0.4) is 0 Å². The Bertz CT molecular complexity index is 2690. The van der Waals surface area contributed by atoms with Gasteiger partial charge in [0.1, 0.15) is 0 Å². The minimum atomic E-state index is -0.0192. The zero-order valence-corrected chi connectivity index (χ0v) is 46.0. The second kappa shape index (κ2) is 29.3. The fourth-order valence-corrected chi connectivity index (χ4v) is 9.92. The Labute approximate surface area is 428 Å². The Morgan fingerprint density at radius 1 is 0.500 bits per heavy atom. The Morgan fingerprint density at radius 3 is 1.77 bits per heavy atom. The average molecular weight is 929 g/mol. The van der Waals surface area contributed by atoms with E-state index in [0.717, 1.165) is 25.7 Å². The van der Waals surface area contributed by atoms with Crippen LogP contribution in [0, 0.1) is 20.8 Å². The van der Waals surface area contributed by atoms with E-state index >= 15 is 0 Å². The first-order valence-corrected chi connectivity index (χ1v) is 27.0. The van der Waals surface area contributed by atoms with Crippen molar-refractivity contribution in [3.05, 3.63) is 237 Å². The zero-order chi connectivity index (χ0) is 51.1. The van der Waals surface area contributed by atoms with Crippen molar-refractivity contribution in [2.24, 2.45) is 0 Å². The van der Waals surface area contributed by atoms with E-state index in [9.17, 15) is 0 Å². The minimum absolute atomic E-state index is 0.0192. The SMILES string of the molecule is CC.CC.CC.CC1=C(c2c(C)cccc2C2=CC=CCC2)CCC=C1.CC1=CCCC=C1c1ccccc1-c1ccc(C(C)(C)c2ccccc2C)cc1.CCC1=CC=C(c2cccc(C)c2)CC1. The van der Waals surface area contributed by atoms with Crippen LogP contribution in [-0.4, -0.2) is 0 Å². The molecule has 0 heterocycles. The molecule has 9 rings (SSSR count).